The van der Waals surface area contributed by atoms with Crippen LogP contribution in [0.5, 0.6) is 0 Å². The van der Waals surface area contributed by atoms with Crippen LogP contribution in [0.4, 0.5) is 17.1 Å². The highest BCUT2D eigenvalue weighted by Crippen LogP contribution is 2.24. The van der Waals surface area contributed by atoms with Crippen molar-refractivity contribution in [1.82, 2.24) is 15.0 Å². The van der Waals surface area contributed by atoms with Crippen molar-refractivity contribution < 1.29 is 4.79 Å². The van der Waals surface area contributed by atoms with Gasteiger partial charge in [-0.2, -0.15) is 0 Å². The number of fused-ring (bicyclic) bond motifs is 1. The Kier molecular flexibility index (Phi) is 5.10. The van der Waals surface area contributed by atoms with Gasteiger partial charge in [0.25, 0.3) is 5.91 Å². The fourth-order valence-corrected chi connectivity index (χ4v) is 3.14. The van der Waals surface area contributed by atoms with Crippen molar-refractivity contribution in [2.45, 2.75) is 0 Å². The number of aromatic amines is 1. The normalized spacial score (nSPS) is 10.8. The second-order valence-electron chi connectivity index (χ2n) is 7.52. The third-order valence-electron chi connectivity index (χ3n) is 4.90. The van der Waals surface area contributed by atoms with E-state index in [9.17, 15) is 4.79 Å². The predicted molar refractivity (Wildman–Crippen MR) is 122 cm³/mol. The van der Waals surface area contributed by atoms with E-state index in [4.69, 9.17) is 0 Å². The van der Waals surface area contributed by atoms with Gasteiger partial charge in [-0.25, -0.2) is 9.97 Å². The molecular formula is C23H24N6O. The zero-order valence-electron chi connectivity index (χ0n) is 17.5. The lowest BCUT2D eigenvalue weighted by Crippen LogP contribution is -2.13. The average Bonchev–Trinajstić information content (AvgIpc) is 3.17. The summed E-state index contributed by atoms with van der Waals surface area (Å²) < 4.78 is 0. The molecule has 0 spiro atoms. The molecule has 2 aromatic carbocycles. The van der Waals surface area contributed by atoms with Crippen LogP contribution in [0.3, 0.4) is 0 Å². The summed E-state index contributed by atoms with van der Waals surface area (Å²) in [5, 5.41) is 2.90. The molecular weight excluding hydrogens is 376 g/mol. The zero-order chi connectivity index (χ0) is 21.3. The molecule has 0 bridgehead atoms. The first-order chi connectivity index (χ1) is 14.4. The van der Waals surface area contributed by atoms with Gasteiger partial charge in [0.2, 0.25) is 0 Å². The van der Waals surface area contributed by atoms with Gasteiger partial charge < -0.3 is 20.1 Å². The topological polar surface area (TPSA) is 77.2 Å². The maximum atomic E-state index is 12.6. The first kappa shape index (κ1) is 19.4. The largest absolute Gasteiger partial charge is 0.378 e. The summed E-state index contributed by atoms with van der Waals surface area (Å²) in [7, 11) is 7.94. The number of carbonyl (C=O) groups is 1. The molecule has 0 aliphatic carbocycles. The third kappa shape index (κ3) is 3.96. The first-order valence-corrected chi connectivity index (χ1v) is 9.63. The van der Waals surface area contributed by atoms with Gasteiger partial charge in [-0.15, -0.1) is 0 Å². The van der Waals surface area contributed by atoms with Gasteiger partial charge in [0.05, 0.1) is 17.4 Å². The second kappa shape index (κ2) is 7.87. The standard InChI is InChI=1S/C23H24N6O/c1-28(2)18-9-5-15(6-10-18)21-26-20-13-17(14-24-22(20)27-21)25-23(30)16-7-11-19(12-8-16)29(3)4/h5-14H,1-4H3,(H,25,30)(H,24,26,27). The van der Waals surface area contributed by atoms with E-state index in [0.717, 1.165) is 28.3 Å². The van der Waals surface area contributed by atoms with Gasteiger partial charge in [0.1, 0.15) is 5.82 Å². The molecule has 2 N–H and O–H groups in total. The van der Waals surface area contributed by atoms with Crippen molar-refractivity contribution in [3.63, 3.8) is 0 Å². The zero-order valence-corrected chi connectivity index (χ0v) is 17.5. The maximum absolute atomic E-state index is 12.6. The van der Waals surface area contributed by atoms with Crippen LogP contribution in [0.2, 0.25) is 0 Å². The minimum atomic E-state index is -0.180. The summed E-state index contributed by atoms with van der Waals surface area (Å²) in [5.74, 6) is 0.561. The first-order valence-electron chi connectivity index (χ1n) is 9.63. The molecule has 0 atom stereocenters. The number of hydrogen-bond acceptors (Lipinski definition) is 5. The molecule has 4 aromatic rings. The number of imidazole rings is 1. The van der Waals surface area contributed by atoms with Gasteiger partial charge in [0.15, 0.2) is 5.65 Å². The van der Waals surface area contributed by atoms with E-state index in [1.807, 2.05) is 92.6 Å². The lowest BCUT2D eigenvalue weighted by atomic mass is 10.2. The molecule has 0 saturated carbocycles. The van der Waals surface area contributed by atoms with Gasteiger partial charge in [-0.3, -0.25) is 4.79 Å². The van der Waals surface area contributed by atoms with E-state index in [2.05, 4.69) is 20.3 Å². The summed E-state index contributed by atoms with van der Waals surface area (Å²) in [6.07, 6.45) is 1.62. The number of pyridine rings is 1. The van der Waals surface area contributed by atoms with E-state index >= 15 is 0 Å². The number of nitrogens with zero attached hydrogens (tertiary/aromatic N) is 4. The molecule has 152 valence electrons. The van der Waals surface area contributed by atoms with Crippen LogP contribution in [0.1, 0.15) is 10.4 Å². The van der Waals surface area contributed by atoms with Crippen molar-refractivity contribution in [2.24, 2.45) is 0 Å². The second-order valence-corrected chi connectivity index (χ2v) is 7.52. The number of nitrogens with one attached hydrogen (secondary N) is 2. The number of hydrogen-bond donors (Lipinski definition) is 2. The Morgan fingerprint density at radius 1 is 0.900 bits per heavy atom. The Morgan fingerprint density at radius 3 is 2.10 bits per heavy atom. The molecule has 7 nitrogen and oxygen atoms in total. The molecule has 2 aromatic heterocycles. The summed E-state index contributed by atoms with van der Waals surface area (Å²) in [6.45, 7) is 0. The molecule has 0 radical (unpaired) electrons. The van der Waals surface area contributed by atoms with E-state index in [1.54, 1.807) is 6.20 Å². The molecule has 0 fully saturated rings. The van der Waals surface area contributed by atoms with Crippen LogP contribution in [-0.2, 0) is 0 Å². The highest BCUT2D eigenvalue weighted by Gasteiger charge is 2.11. The van der Waals surface area contributed by atoms with E-state index in [1.165, 1.54) is 0 Å². The van der Waals surface area contributed by atoms with Crippen LogP contribution in [0.25, 0.3) is 22.6 Å². The van der Waals surface area contributed by atoms with Crippen LogP contribution in [0, 0.1) is 0 Å². The average molecular weight is 400 g/mol. The Hall–Kier alpha value is -3.87. The number of anilines is 3. The Morgan fingerprint density at radius 2 is 1.50 bits per heavy atom. The number of rotatable bonds is 5. The molecule has 1 amide bonds. The minimum absolute atomic E-state index is 0.180. The van der Waals surface area contributed by atoms with Crippen LogP contribution >= 0.6 is 0 Å². The summed E-state index contributed by atoms with van der Waals surface area (Å²) in [6, 6.07) is 17.4. The fraction of sp³-hybridized carbons (Fsp3) is 0.174. The van der Waals surface area contributed by atoms with E-state index < -0.39 is 0 Å². The number of carbonyl (C=O) groups excluding carboxylic acids is 1. The fourth-order valence-electron chi connectivity index (χ4n) is 3.14. The van der Waals surface area contributed by atoms with Crippen molar-refractivity contribution in [3.8, 4) is 11.4 Å². The van der Waals surface area contributed by atoms with Crippen LogP contribution in [-0.4, -0.2) is 49.0 Å². The highest BCUT2D eigenvalue weighted by molar-refractivity contribution is 6.05. The van der Waals surface area contributed by atoms with Crippen molar-refractivity contribution in [2.75, 3.05) is 43.3 Å². The number of benzene rings is 2. The maximum Gasteiger partial charge on any atom is 0.255 e. The van der Waals surface area contributed by atoms with Gasteiger partial charge in [0, 0.05) is 50.7 Å². The lowest BCUT2D eigenvalue weighted by Gasteiger charge is -2.12. The van der Waals surface area contributed by atoms with Crippen molar-refractivity contribution in [1.29, 1.82) is 0 Å². The van der Waals surface area contributed by atoms with Gasteiger partial charge in [-0.1, -0.05) is 0 Å². The molecule has 0 unspecified atom stereocenters. The monoisotopic (exact) mass is 400 g/mol. The smallest absolute Gasteiger partial charge is 0.255 e. The van der Waals surface area contributed by atoms with Crippen molar-refractivity contribution in [3.05, 3.63) is 66.4 Å². The van der Waals surface area contributed by atoms with E-state index in [-0.39, 0.29) is 5.91 Å². The highest BCUT2D eigenvalue weighted by atomic mass is 16.1. The van der Waals surface area contributed by atoms with Gasteiger partial charge in [-0.05, 0) is 54.6 Å². The molecule has 0 aliphatic rings. The van der Waals surface area contributed by atoms with Crippen LogP contribution < -0.4 is 15.1 Å². The summed E-state index contributed by atoms with van der Waals surface area (Å²) >= 11 is 0. The lowest BCUT2D eigenvalue weighted by molar-refractivity contribution is 0.102. The van der Waals surface area contributed by atoms with Crippen LogP contribution in [0.15, 0.2) is 60.8 Å². The van der Waals surface area contributed by atoms with E-state index in [0.29, 0.717) is 16.9 Å². The minimum Gasteiger partial charge on any atom is -0.378 e. The molecule has 0 saturated heterocycles. The Labute approximate surface area is 175 Å². The Balaban J connectivity index is 1.54. The number of H-pyrrole nitrogens is 1. The quantitative estimate of drug-likeness (QED) is 0.529. The van der Waals surface area contributed by atoms with Gasteiger partial charge >= 0.3 is 0 Å². The number of amides is 1. The molecule has 30 heavy (non-hydrogen) atoms. The predicted octanol–water partition coefficient (Wildman–Crippen LogP) is 4.01. The molecule has 7 heteroatoms. The summed E-state index contributed by atoms with van der Waals surface area (Å²) in [5.41, 5.74) is 5.71. The third-order valence-corrected chi connectivity index (χ3v) is 4.90. The summed E-state index contributed by atoms with van der Waals surface area (Å²) in [4.78, 5) is 28.8. The molecule has 4 rings (SSSR count). The Bertz CT molecular complexity index is 1180. The molecule has 0 aliphatic heterocycles. The molecule has 2 heterocycles. The van der Waals surface area contributed by atoms with Crippen molar-refractivity contribution >= 4 is 34.1 Å². The number of aromatic nitrogens is 3. The SMILES string of the molecule is CN(C)c1ccc(C(=O)Nc2cnc3nc(-c4ccc(N(C)C)cc4)[nH]c3c2)cc1.